The Labute approximate surface area is 202 Å². The van der Waals surface area contributed by atoms with Crippen LogP contribution in [0.1, 0.15) is 11.1 Å². The fraction of sp³-hybridized carbons (Fsp3) is 0.375. The Kier molecular flexibility index (Phi) is 7.28. The number of thioether (sulfide) groups is 1. The third-order valence-electron chi connectivity index (χ3n) is 5.67. The van der Waals surface area contributed by atoms with Crippen LogP contribution in [0, 0.1) is 13.8 Å². The number of rotatable bonds is 7. The summed E-state index contributed by atoms with van der Waals surface area (Å²) in [4.78, 5) is 23.5. The van der Waals surface area contributed by atoms with Gasteiger partial charge in [0.05, 0.1) is 25.1 Å². The Balaban J connectivity index is 1.85. The lowest BCUT2D eigenvalue weighted by Crippen LogP contribution is -2.33. The van der Waals surface area contributed by atoms with Gasteiger partial charge in [-0.2, -0.15) is 11.8 Å². The second-order valence-electron chi connectivity index (χ2n) is 7.96. The van der Waals surface area contributed by atoms with Crippen LogP contribution in [0.5, 0.6) is 17.2 Å². The number of ether oxygens (including phenoxy) is 3. The Morgan fingerprint density at radius 2 is 1.79 bits per heavy atom. The zero-order valence-electron chi connectivity index (χ0n) is 19.7. The quantitative estimate of drug-likeness (QED) is 0.386. The van der Waals surface area contributed by atoms with E-state index in [-0.39, 0.29) is 6.61 Å². The molecule has 0 saturated carbocycles. The molecule has 180 valence electrons. The van der Waals surface area contributed by atoms with Crippen LogP contribution in [0.25, 0.3) is 22.3 Å². The molecule has 0 spiro atoms. The van der Waals surface area contributed by atoms with Crippen molar-refractivity contribution in [2.75, 3.05) is 50.3 Å². The van der Waals surface area contributed by atoms with Crippen molar-refractivity contribution in [2.24, 2.45) is 0 Å². The fourth-order valence-corrected chi connectivity index (χ4v) is 4.98. The first-order chi connectivity index (χ1) is 16.4. The topological polar surface area (TPSA) is 106 Å². The molecule has 9 nitrogen and oxygen atoms in total. The van der Waals surface area contributed by atoms with Crippen LogP contribution < -0.4 is 24.6 Å². The molecule has 0 bridgehead atoms. The highest BCUT2D eigenvalue weighted by Gasteiger charge is 2.22. The molecule has 0 radical (unpaired) electrons. The lowest BCUT2D eigenvalue weighted by atomic mass is 10.0. The van der Waals surface area contributed by atoms with Crippen LogP contribution in [0.2, 0.25) is 0 Å². The number of methoxy groups -OCH3 is 2. The minimum atomic E-state index is -0.618. The van der Waals surface area contributed by atoms with E-state index in [1.54, 1.807) is 19.7 Å². The third-order valence-corrected chi connectivity index (χ3v) is 6.62. The first kappa shape index (κ1) is 23.9. The average molecular weight is 485 g/mol. The Morgan fingerprint density at radius 1 is 1.09 bits per heavy atom. The van der Waals surface area contributed by atoms with E-state index in [0.29, 0.717) is 23.1 Å². The van der Waals surface area contributed by atoms with Gasteiger partial charge in [0.25, 0.3) is 5.91 Å². The van der Waals surface area contributed by atoms with Gasteiger partial charge >= 0.3 is 0 Å². The van der Waals surface area contributed by atoms with Crippen molar-refractivity contribution < 1.29 is 24.2 Å². The molecule has 1 aromatic heterocycles. The van der Waals surface area contributed by atoms with E-state index in [1.807, 2.05) is 49.9 Å². The van der Waals surface area contributed by atoms with Gasteiger partial charge in [0.2, 0.25) is 0 Å². The van der Waals surface area contributed by atoms with Crippen molar-refractivity contribution >= 4 is 34.4 Å². The molecule has 34 heavy (non-hydrogen) atoms. The smallest absolute Gasteiger partial charge is 0.281 e. The van der Waals surface area contributed by atoms with Crippen molar-refractivity contribution in [1.82, 2.24) is 15.4 Å². The summed E-state index contributed by atoms with van der Waals surface area (Å²) < 4.78 is 16.8. The number of hydrogen-bond donors (Lipinski definition) is 2. The van der Waals surface area contributed by atoms with Crippen LogP contribution in [0.4, 0.5) is 5.82 Å². The summed E-state index contributed by atoms with van der Waals surface area (Å²) in [5.41, 5.74) is 4.83. The summed E-state index contributed by atoms with van der Waals surface area (Å²) in [6.45, 7) is 5.31. The van der Waals surface area contributed by atoms with Gasteiger partial charge in [0, 0.05) is 42.3 Å². The van der Waals surface area contributed by atoms with E-state index in [4.69, 9.17) is 29.4 Å². The molecule has 3 aromatic rings. The number of hydrogen-bond acceptors (Lipinski definition) is 9. The van der Waals surface area contributed by atoms with E-state index < -0.39 is 5.91 Å². The predicted octanol–water partition coefficient (Wildman–Crippen LogP) is 3.37. The van der Waals surface area contributed by atoms with Crippen molar-refractivity contribution in [3.05, 3.63) is 35.4 Å². The molecule has 2 N–H and O–H groups in total. The molecule has 0 unspecified atom stereocenters. The summed E-state index contributed by atoms with van der Waals surface area (Å²) in [7, 11) is 3.26. The highest BCUT2D eigenvalue weighted by molar-refractivity contribution is 7.99. The number of carbonyl (C=O) groups is 1. The minimum Gasteiger partial charge on any atom is -0.497 e. The highest BCUT2D eigenvalue weighted by Crippen LogP contribution is 2.39. The second-order valence-corrected chi connectivity index (χ2v) is 9.18. The first-order valence-electron chi connectivity index (χ1n) is 10.9. The van der Waals surface area contributed by atoms with E-state index in [9.17, 15) is 4.79 Å². The number of benzene rings is 2. The number of amides is 1. The summed E-state index contributed by atoms with van der Waals surface area (Å²) in [6.07, 6.45) is 0. The Morgan fingerprint density at radius 3 is 2.41 bits per heavy atom. The number of hydroxylamine groups is 1. The number of aryl methyl sites for hydroxylation is 2. The van der Waals surface area contributed by atoms with E-state index in [1.165, 1.54) is 0 Å². The Hall–Kier alpha value is -3.24. The maximum absolute atomic E-state index is 11.4. The monoisotopic (exact) mass is 484 g/mol. The molecule has 1 amide bonds. The minimum absolute atomic E-state index is 0.277. The normalized spacial score (nSPS) is 13.6. The highest BCUT2D eigenvalue weighted by atomic mass is 32.2. The molecule has 0 aliphatic carbocycles. The van der Waals surface area contributed by atoms with Gasteiger partial charge in [-0.15, -0.1) is 0 Å². The van der Waals surface area contributed by atoms with Gasteiger partial charge in [-0.25, -0.2) is 15.4 Å². The molecule has 1 saturated heterocycles. The van der Waals surface area contributed by atoms with E-state index >= 15 is 0 Å². The van der Waals surface area contributed by atoms with Gasteiger partial charge in [0.15, 0.2) is 12.4 Å². The largest absolute Gasteiger partial charge is 0.497 e. The fourth-order valence-electron chi connectivity index (χ4n) is 4.07. The van der Waals surface area contributed by atoms with Crippen molar-refractivity contribution in [2.45, 2.75) is 13.8 Å². The number of nitrogens with one attached hydrogen (secondary N) is 1. The predicted molar refractivity (Wildman–Crippen MR) is 133 cm³/mol. The van der Waals surface area contributed by atoms with Gasteiger partial charge in [-0.1, -0.05) is 0 Å². The molecule has 4 rings (SSSR count). The standard InChI is InChI=1S/C24H28N4O5S/c1-14-9-16(10-15(2)22(14)33-13-20(29)27-30)23-25-18-11-17(31-3)12-19(32-4)21(18)24(26-23)28-5-7-34-8-6-28/h9-12,30H,5-8,13H2,1-4H3,(H,27,29). The number of carbonyl (C=O) groups excluding carboxylic acids is 1. The number of nitrogens with zero attached hydrogens (tertiary/aromatic N) is 3. The zero-order chi connectivity index (χ0) is 24.2. The summed E-state index contributed by atoms with van der Waals surface area (Å²) in [5.74, 6) is 4.80. The number of fused-ring (bicyclic) bond motifs is 1. The second kappa shape index (κ2) is 10.4. The van der Waals surface area contributed by atoms with Crippen LogP contribution in [0.15, 0.2) is 24.3 Å². The molecular formula is C24H28N4O5S. The Bertz CT molecular complexity index is 1190. The number of anilines is 1. The van der Waals surface area contributed by atoms with Crippen molar-refractivity contribution in [3.8, 4) is 28.6 Å². The van der Waals surface area contributed by atoms with Gasteiger partial charge in [-0.05, 0) is 37.1 Å². The third kappa shape index (κ3) is 4.83. The molecule has 2 aromatic carbocycles. The van der Waals surface area contributed by atoms with Gasteiger partial charge in [0.1, 0.15) is 23.1 Å². The van der Waals surface area contributed by atoms with Crippen LogP contribution in [-0.2, 0) is 4.79 Å². The summed E-state index contributed by atoms with van der Waals surface area (Å²) in [6, 6.07) is 7.63. The first-order valence-corrected chi connectivity index (χ1v) is 12.0. The lowest BCUT2D eigenvalue weighted by molar-refractivity contribution is -0.131. The molecule has 1 fully saturated rings. The SMILES string of the molecule is COc1cc(OC)c2c(N3CCSCC3)nc(-c3cc(C)c(OCC(=O)NO)c(C)c3)nc2c1. The molecule has 1 aliphatic rings. The van der Waals surface area contributed by atoms with Crippen molar-refractivity contribution in [1.29, 1.82) is 0 Å². The molecule has 10 heteroatoms. The van der Waals surface area contributed by atoms with Crippen LogP contribution in [-0.4, -0.2) is 66.5 Å². The van der Waals surface area contributed by atoms with Crippen LogP contribution in [0.3, 0.4) is 0 Å². The zero-order valence-corrected chi connectivity index (χ0v) is 20.5. The number of aromatic nitrogens is 2. The van der Waals surface area contributed by atoms with E-state index in [2.05, 4.69) is 4.90 Å². The molecule has 0 atom stereocenters. The van der Waals surface area contributed by atoms with Gasteiger partial charge in [-0.3, -0.25) is 10.0 Å². The van der Waals surface area contributed by atoms with Crippen LogP contribution >= 0.6 is 11.8 Å². The van der Waals surface area contributed by atoms with Gasteiger partial charge < -0.3 is 19.1 Å². The van der Waals surface area contributed by atoms with Crippen molar-refractivity contribution in [3.63, 3.8) is 0 Å². The molecule has 2 heterocycles. The lowest BCUT2D eigenvalue weighted by Gasteiger charge is -2.29. The summed E-state index contributed by atoms with van der Waals surface area (Å²) >= 11 is 1.93. The summed E-state index contributed by atoms with van der Waals surface area (Å²) in [5, 5.41) is 9.58. The van der Waals surface area contributed by atoms with E-state index in [0.717, 1.165) is 58.0 Å². The molecular weight excluding hydrogens is 456 g/mol. The average Bonchev–Trinajstić information content (AvgIpc) is 2.86. The maximum Gasteiger partial charge on any atom is 0.281 e. The molecule has 1 aliphatic heterocycles. The maximum atomic E-state index is 11.4.